The van der Waals surface area contributed by atoms with Crippen molar-refractivity contribution < 1.29 is 0 Å². The van der Waals surface area contributed by atoms with Crippen molar-refractivity contribution in [2.75, 3.05) is 0 Å². The number of fused-ring (bicyclic) bond motifs is 13. The molecule has 3 heteroatoms. The third kappa shape index (κ3) is 4.28. The summed E-state index contributed by atoms with van der Waals surface area (Å²) in [4.78, 5) is 10.6. The van der Waals surface area contributed by atoms with Crippen LogP contribution >= 0.6 is 0 Å². The Bertz CT molecular complexity index is 3070. The van der Waals surface area contributed by atoms with Crippen LogP contribution in [0.2, 0.25) is 0 Å². The molecule has 0 bridgehead atoms. The highest BCUT2D eigenvalue weighted by atomic mass is 15.0. The molecule has 0 N–H and O–H groups in total. The maximum atomic E-state index is 5.35. The highest BCUT2D eigenvalue weighted by Crippen LogP contribution is 2.63. The maximum absolute atomic E-state index is 5.35. The SMILES string of the molecule is c1ccc(-c2cc(-c3ccc4c(c3)C3(c5ccccc5-c5ccccc53)c3ccccc3-4)nc(-c3ccc(-n4c5ccccc5c5ccccc54)cc3)n2)cc1. The summed E-state index contributed by atoms with van der Waals surface area (Å²) in [6.45, 7) is 0. The van der Waals surface area contributed by atoms with Gasteiger partial charge in [0.15, 0.2) is 5.82 Å². The number of aromatic nitrogens is 3. The summed E-state index contributed by atoms with van der Waals surface area (Å²) in [5.74, 6) is 0.699. The molecule has 10 aromatic rings. The molecule has 0 saturated heterocycles. The molecule has 56 heavy (non-hydrogen) atoms. The van der Waals surface area contributed by atoms with Gasteiger partial charge in [0.2, 0.25) is 0 Å². The van der Waals surface area contributed by atoms with Crippen LogP contribution < -0.4 is 0 Å². The van der Waals surface area contributed by atoms with Gasteiger partial charge in [-0.15, -0.1) is 0 Å². The van der Waals surface area contributed by atoms with Crippen LogP contribution in [0.5, 0.6) is 0 Å². The average Bonchev–Trinajstić information content (AvgIpc) is 3.88. The van der Waals surface area contributed by atoms with Gasteiger partial charge in [0.25, 0.3) is 0 Å². The van der Waals surface area contributed by atoms with Gasteiger partial charge in [0.1, 0.15) is 0 Å². The number of hydrogen-bond donors (Lipinski definition) is 0. The van der Waals surface area contributed by atoms with E-state index in [4.69, 9.17) is 9.97 Å². The van der Waals surface area contributed by atoms with Crippen molar-refractivity contribution in [3.63, 3.8) is 0 Å². The Kier molecular flexibility index (Phi) is 6.55. The molecule has 8 aromatic carbocycles. The van der Waals surface area contributed by atoms with Gasteiger partial charge < -0.3 is 4.57 Å². The summed E-state index contributed by atoms with van der Waals surface area (Å²) >= 11 is 0. The fourth-order valence-corrected chi connectivity index (χ4v) is 9.70. The van der Waals surface area contributed by atoms with E-state index in [1.165, 1.54) is 66.3 Å². The van der Waals surface area contributed by atoms with Gasteiger partial charge in [-0.2, -0.15) is 0 Å². The fourth-order valence-electron chi connectivity index (χ4n) is 9.70. The van der Waals surface area contributed by atoms with Gasteiger partial charge in [-0.25, -0.2) is 9.97 Å². The Hall–Kier alpha value is -7.36. The van der Waals surface area contributed by atoms with E-state index in [9.17, 15) is 0 Å². The first-order valence-electron chi connectivity index (χ1n) is 19.2. The van der Waals surface area contributed by atoms with Crippen molar-refractivity contribution in [1.82, 2.24) is 14.5 Å². The Balaban J connectivity index is 1.04. The van der Waals surface area contributed by atoms with Crippen molar-refractivity contribution in [1.29, 1.82) is 0 Å². The molecular weight excluding hydrogens is 679 g/mol. The molecule has 2 aliphatic carbocycles. The molecule has 0 radical (unpaired) electrons. The van der Waals surface area contributed by atoms with Crippen LogP contribution in [0.15, 0.2) is 200 Å². The second-order valence-electron chi connectivity index (χ2n) is 14.9. The molecule has 0 aliphatic heterocycles. The number of para-hydroxylation sites is 2. The minimum Gasteiger partial charge on any atom is -0.309 e. The van der Waals surface area contributed by atoms with Crippen LogP contribution in [0.3, 0.4) is 0 Å². The van der Waals surface area contributed by atoms with E-state index in [1.54, 1.807) is 0 Å². The highest BCUT2D eigenvalue weighted by molar-refractivity contribution is 6.09. The van der Waals surface area contributed by atoms with Gasteiger partial charge in [-0.1, -0.05) is 152 Å². The minimum absolute atomic E-state index is 0.421. The predicted octanol–water partition coefficient (Wildman–Crippen LogP) is 12.9. The molecule has 1 spiro atoms. The summed E-state index contributed by atoms with van der Waals surface area (Å²) < 4.78 is 2.35. The molecule has 0 saturated carbocycles. The van der Waals surface area contributed by atoms with Gasteiger partial charge >= 0.3 is 0 Å². The highest BCUT2D eigenvalue weighted by Gasteiger charge is 2.51. The third-order valence-corrected chi connectivity index (χ3v) is 12.1. The molecule has 2 heterocycles. The van der Waals surface area contributed by atoms with Crippen LogP contribution in [-0.4, -0.2) is 14.5 Å². The topological polar surface area (TPSA) is 30.7 Å². The van der Waals surface area contributed by atoms with Crippen LogP contribution in [0, 0.1) is 0 Å². The van der Waals surface area contributed by atoms with E-state index in [0.717, 1.165) is 33.8 Å². The third-order valence-electron chi connectivity index (χ3n) is 12.1. The molecule has 0 amide bonds. The lowest BCUT2D eigenvalue weighted by molar-refractivity contribution is 0.794. The zero-order chi connectivity index (χ0) is 36.8. The fraction of sp³-hybridized carbons (Fsp3) is 0.0189. The Morgan fingerprint density at radius 2 is 0.804 bits per heavy atom. The van der Waals surface area contributed by atoms with Crippen molar-refractivity contribution in [3.05, 3.63) is 222 Å². The van der Waals surface area contributed by atoms with Crippen molar-refractivity contribution in [3.8, 4) is 61.8 Å². The van der Waals surface area contributed by atoms with Crippen molar-refractivity contribution >= 4 is 21.8 Å². The van der Waals surface area contributed by atoms with Crippen molar-refractivity contribution in [2.45, 2.75) is 5.41 Å². The lowest BCUT2D eigenvalue weighted by Gasteiger charge is -2.30. The number of benzene rings is 8. The van der Waals surface area contributed by atoms with E-state index in [1.807, 2.05) is 0 Å². The Morgan fingerprint density at radius 3 is 1.39 bits per heavy atom. The van der Waals surface area contributed by atoms with Crippen molar-refractivity contribution in [2.24, 2.45) is 0 Å². The summed E-state index contributed by atoms with van der Waals surface area (Å²) in [6.07, 6.45) is 0. The molecule has 12 rings (SSSR count). The number of hydrogen-bond acceptors (Lipinski definition) is 2. The first kappa shape index (κ1) is 31.0. The smallest absolute Gasteiger partial charge is 0.160 e. The first-order valence-corrected chi connectivity index (χ1v) is 19.2. The van der Waals surface area contributed by atoms with Gasteiger partial charge in [-0.3, -0.25) is 0 Å². The van der Waals surface area contributed by atoms with Gasteiger partial charge in [-0.05, 0) is 93.0 Å². The van der Waals surface area contributed by atoms with E-state index in [2.05, 4.69) is 205 Å². The van der Waals surface area contributed by atoms with Crippen LogP contribution in [0.25, 0.3) is 83.6 Å². The quantitative estimate of drug-likeness (QED) is 0.182. The van der Waals surface area contributed by atoms with Crippen LogP contribution in [0.1, 0.15) is 22.3 Å². The average molecular weight is 712 g/mol. The summed E-state index contributed by atoms with van der Waals surface area (Å²) in [7, 11) is 0. The van der Waals surface area contributed by atoms with E-state index in [0.29, 0.717) is 5.82 Å². The predicted molar refractivity (Wildman–Crippen MR) is 229 cm³/mol. The normalized spacial score (nSPS) is 13.1. The van der Waals surface area contributed by atoms with Gasteiger partial charge in [0.05, 0.1) is 27.8 Å². The van der Waals surface area contributed by atoms with Crippen LogP contribution in [-0.2, 0) is 5.41 Å². The summed E-state index contributed by atoms with van der Waals surface area (Å²) in [5, 5.41) is 2.50. The van der Waals surface area contributed by atoms with E-state index < -0.39 is 5.41 Å². The Morgan fingerprint density at radius 1 is 0.339 bits per heavy atom. The van der Waals surface area contributed by atoms with Crippen LogP contribution in [0.4, 0.5) is 0 Å². The molecule has 260 valence electrons. The molecule has 0 atom stereocenters. The summed E-state index contributed by atoms with van der Waals surface area (Å²) in [6, 6.07) is 72.4. The van der Waals surface area contributed by atoms with Gasteiger partial charge in [0, 0.05) is 33.2 Å². The molecule has 0 fully saturated rings. The lowest BCUT2D eigenvalue weighted by atomic mass is 9.70. The lowest BCUT2D eigenvalue weighted by Crippen LogP contribution is -2.25. The maximum Gasteiger partial charge on any atom is 0.160 e. The first-order chi connectivity index (χ1) is 27.8. The van der Waals surface area contributed by atoms with E-state index >= 15 is 0 Å². The Labute approximate surface area is 324 Å². The number of nitrogens with zero attached hydrogens (tertiary/aromatic N) is 3. The summed E-state index contributed by atoms with van der Waals surface area (Å²) in [5.41, 5.74) is 18.4. The largest absolute Gasteiger partial charge is 0.309 e. The standard InChI is InChI=1S/C53H33N3/c1-2-14-34(15-3-1)48-33-49(55-52(54-48)35-26-29-37(30-27-35)56-50-24-12-7-19-42(50)43-20-8-13-25-51(43)56)36-28-31-41-40-18-6-11-23-46(40)53(47(41)32-36)44-21-9-4-16-38(44)39-17-5-10-22-45(39)53/h1-33H. The minimum atomic E-state index is -0.421. The monoisotopic (exact) mass is 711 g/mol. The second kappa shape index (κ2) is 11.8. The molecule has 2 aliphatic rings. The molecule has 2 aromatic heterocycles. The molecule has 0 unspecified atom stereocenters. The molecule has 3 nitrogen and oxygen atoms in total. The second-order valence-corrected chi connectivity index (χ2v) is 14.9. The molecular formula is C53H33N3. The van der Waals surface area contributed by atoms with E-state index in [-0.39, 0.29) is 0 Å². The zero-order valence-corrected chi connectivity index (χ0v) is 30.4. The zero-order valence-electron chi connectivity index (χ0n) is 30.4. The number of rotatable bonds is 4.